The van der Waals surface area contributed by atoms with Gasteiger partial charge in [-0.1, -0.05) is 32.0 Å². The maximum Gasteiger partial charge on any atom is 0.332 e. The lowest BCUT2D eigenvalue weighted by molar-refractivity contribution is 0.0847. The number of nitrogens with two attached hydrogens (primary N) is 1. The SMILES string of the molecule is CC(C)Cn1c(N)c(C(=O)CN2CCCC(COc3ccccc3)C2)c(=O)n(C)c1=O. The smallest absolute Gasteiger partial charge is 0.332 e. The molecule has 0 spiro atoms. The zero-order chi connectivity index (χ0) is 22.5. The minimum atomic E-state index is -0.631. The molecule has 0 bridgehead atoms. The van der Waals surface area contributed by atoms with Crippen molar-refractivity contribution in [3.05, 3.63) is 56.7 Å². The number of benzene rings is 1. The van der Waals surface area contributed by atoms with E-state index in [4.69, 9.17) is 10.5 Å². The van der Waals surface area contributed by atoms with Gasteiger partial charge < -0.3 is 10.5 Å². The van der Waals surface area contributed by atoms with E-state index in [1.54, 1.807) is 0 Å². The van der Waals surface area contributed by atoms with Crippen molar-refractivity contribution in [1.82, 2.24) is 14.0 Å². The van der Waals surface area contributed by atoms with Gasteiger partial charge in [-0.3, -0.25) is 23.6 Å². The van der Waals surface area contributed by atoms with E-state index in [1.165, 1.54) is 11.6 Å². The van der Waals surface area contributed by atoms with Crippen LogP contribution in [0.25, 0.3) is 0 Å². The highest BCUT2D eigenvalue weighted by atomic mass is 16.5. The van der Waals surface area contributed by atoms with Gasteiger partial charge in [0.2, 0.25) is 0 Å². The number of carbonyl (C=O) groups excluding carboxylic acids is 1. The van der Waals surface area contributed by atoms with Crippen molar-refractivity contribution < 1.29 is 9.53 Å². The Balaban J connectivity index is 1.71. The topological polar surface area (TPSA) is 99.6 Å². The number of ketones is 1. The molecule has 1 atom stereocenters. The van der Waals surface area contributed by atoms with Gasteiger partial charge in [0, 0.05) is 26.1 Å². The second-order valence-electron chi connectivity index (χ2n) is 8.70. The number of anilines is 1. The quantitative estimate of drug-likeness (QED) is 0.643. The van der Waals surface area contributed by atoms with Gasteiger partial charge in [0.15, 0.2) is 5.78 Å². The molecule has 1 unspecified atom stereocenters. The number of nitrogens with zero attached hydrogens (tertiary/aromatic N) is 3. The van der Waals surface area contributed by atoms with Crippen LogP contribution in [0.2, 0.25) is 0 Å². The van der Waals surface area contributed by atoms with Crippen LogP contribution in [0.4, 0.5) is 5.82 Å². The third kappa shape index (κ3) is 5.44. The molecule has 2 N–H and O–H groups in total. The minimum Gasteiger partial charge on any atom is -0.493 e. The maximum absolute atomic E-state index is 13.1. The van der Waals surface area contributed by atoms with Gasteiger partial charge in [-0.15, -0.1) is 0 Å². The van der Waals surface area contributed by atoms with E-state index in [0.29, 0.717) is 25.6 Å². The van der Waals surface area contributed by atoms with Crippen LogP contribution in [-0.4, -0.2) is 46.1 Å². The number of nitrogen functional groups attached to an aromatic ring is 1. The monoisotopic (exact) mass is 428 g/mol. The summed E-state index contributed by atoms with van der Waals surface area (Å²) in [6.45, 7) is 6.41. The molecule has 1 aliphatic rings. The van der Waals surface area contributed by atoms with Crippen LogP contribution in [0.1, 0.15) is 37.0 Å². The van der Waals surface area contributed by atoms with Crippen molar-refractivity contribution in [1.29, 1.82) is 0 Å². The first kappa shape index (κ1) is 22.8. The summed E-state index contributed by atoms with van der Waals surface area (Å²) in [5.74, 6) is 0.900. The summed E-state index contributed by atoms with van der Waals surface area (Å²) < 4.78 is 8.18. The Morgan fingerprint density at radius 1 is 1.23 bits per heavy atom. The van der Waals surface area contributed by atoms with E-state index in [9.17, 15) is 14.4 Å². The second kappa shape index (κ2) is 9.96. The molecule has 1 aliphatic heterocycles. The minimum absolute atomic E-state index is 0.0345. The van der Waals surface area contributed by atoms with Crippen LogP contribution in [0.5, 0.6) is 5.75 Å². The van der Waals surface area contributed by atoms with Gasteiger partial charge in [0.1, 0.15) is 17.1 Å². The first-order valence-corrected chi connectivity index (χ1v) is 10.8. The van der Waals surface area contributed by atoms with Gasteiger partial charge in [-0.05, 0) is 37.4 Å². The Hall–Kier alpha value is -2.87. The third-order valence-electron chi connectivity index (χ3n) is 5.61. The van der Waals surface area contributed by atoms with Gasteiger partial charge in [0.05, 0.1) is 13.2 Å². The van der Waals surface area contributed by atoms with E-state index in [0.717, 1.165) is 29.7 Å². The average Bonchev–Trinajstić information content (AvgIpc) is 2.75. The molecule has 168 valence electrons. The van der Waals surface area contributed by atoms with Crippen LogP contribution >= 0.6 is 0 Å². The predicted octanol–water partition coefficient (Wildman–Crippen LogP) is 1.76. The number of hydrogen-bond acceptors (Lipinski definition) is 6. The first-order valence-electron chi connectivity index (χ1n) is 10.8. The summed E-state index contributed by atoms with van der Waals surface area (Å²) in [7, 11) is 1.38. The van der Waals surface area contributed by atoms with Gasteiger partial charge in [-0.2, -0.15) is 0 Å². The highest BCUT2D eigenvalue weighted by molar-refractivity contribution is 6.01. The lowest BCUT2D eigenvalue weighted by Crippen LogP contribution is -2.46. The van der Waals surface area contributed by atoms with Crippen LogP contribution in [-0.2, 0) is 13.6 Å². The fourth-order valence-electron chi connectivity index (χ4n) is 4.03. The van der Waals surface area contributed by atoms with Crippen molar-refractivity contribution in [2.75, 3.05) is 32.0 Å². The number of aromatic nitrogens is 2. The molecular formula is C23H32N4O4. The molecule has 2 heterocycles. The number of piperidine rings is 1. The molecule has 1 aromatic heterocycles. The standard InChI is InChI=1S/C23H32N4O4/c1-16(2)12-27-21(24)20(22(29)25(3)23(27)30)19(28)14-26-11-7-8-17(13-26)15-31-18-9-5-4-6-10-18/h4-6,9-10,16-17H,7-8,11-15,24H2,1-3H3. The summed E-state index contributed by atoms with van der Waals surface area (Å²) >= 11 is 0. The highest BCUT2D eigenvalue weighted by Crippen LogP contribution is 2.19. The first-order chi connectivity index (χ1) is 14.8. The molecule has 3 rings (SSSR count). The van der Waals surface area contributed by atoms with Crippen molar-refractivity contribution in [2.24, 2.45) is 18.9 Å². The molecule has 1 fully saturated rings. The summed E-state index contributed by atoms with van der Waals surface area (Å²) in [6, 6.07) is 9.67. The number of likely N-dealkylation sites (tertiary alicyclic amines) is 1. The Morgan fingerprint density at radius 2 is 1.94 bits per heavy atom. The third-order valence-corrected chi connectivity index (χ3v) is 5.61. The van der Waals surface area contributed by atoms with Crippen LogP contribution in [0.3, 0.4) is 0 Å². The maximum atomic E-state index is 13.1. The normalized spacial score (nSPS) is 17.1. The number of hydrogen-bond donors (Lipinski definition) is 1. The second-order valence-corrected chi connectivity index (χ2v) is 8.70. The summed E-state index contributed by atoms with van der Waals surface area (Å²) in [6.07, 6.45) is 1.98. The molecule has 1 aromatic carbocycles. The molecule has 0 radical (unpaired) electrons. The highest BCUT2D eigenvalue weighted by Gasteiger charge is 2.26. The van der Waals surface area contributed by atoms with E-state index < -0.39 is 11.2 Å². The van der Waals surface area contributed by atoms with Crippen LogP contribution < -0.4 is 21.7 Å². The Morgan fingerprint density at radius 3 is 2.61 bits per heavy atom. The molecule has 0 saturated carbocycles. The zero-order valence-corrected chi connectivity index (χ0v) is 18.5. The van der Waals surface area contributed by atoms with Gasteiger partial charge in [-0.25, -0.2) is 4.79 Å². The Kier molecular flexibility index (Phi) is 7.33. The number of Topliss-reactive ketones (excluding diaryl/α,β-unsaturated/α-hetero) is 1. The fourth-order valence-corrected chi connectivity index (χ4v) is 4.03. The van der Waals surface area contributed by atoms with E-state index >= 15 is 0 Å². The molecule has 8 heteroatoms. The van der Waals surface area contributed by atoms with Crippen molar-refractivity contribution in [3.63, 3.8) is 0 Å². The molecule has 1 saturated heterocycles. The number of ether oxygens (including phenoxy) is 1. The largest absolute Gasteiger partial charge is 0.493 e. The summed E-state index contributed by atoms with van der Waals surface area (Å²) in [5, 5.41) is 0. The predicted molar refractivity (Wildman–Crippen MR) is 121 cm³/mol. The molecule has 0 amide bonds. The lowest BCUT2D eigenvalue weighted by Gasteiger charge is -2.32. The van der Waals surface area contributed by atoms with Gasteiger partial charge >= 0.3 is 5.69 Å². The molecule has 0 aliphatic carbocycles. The molecule has 31 heavy (non-hydrogen) atoms. The number of carbonyl (C=O) groups is 1. The van der Waals surface area contributed by atoms with Gasteiger partial charge in [0.25, 0.3) is 5.56 Å². The molecule has 8 nitrogen and oxygen atoms in total. The molecule has 2 aromatic rings. The summed E-state index contributed by atoms with van der Waals surface area (Å²) in [4.78, 5) is 40.2. The van der Waals surface area contributed by atoms with Crippen molar-refractivity contribution >= 4 is 11.6 Å². The van der Waals surface area contributed by atoms with Crippen molar-refractivity contribution in [2.45, 2.75) is 33.2 Å². The van der Waals surface area contributed by atoms with Crippen molar-refractivity contribution in [3.8, 4) is 5.75 Å². The number of para-hydroxylation sites is 1. The van der Waals surface area contributed by atoms with E-state index in [1.807, 2.05) is 49.1 Å². The van der Waals surface area contributed by atoms with Crippen LogP contribution in [0, 0.1) is 11.8 Å². The molecular weight excluding hydrogens is 396 g/mol. The lowest BCUT2D eigenvalue weighted by atomic mass is 9.98. The Labute approximate surface area is 182 Å². The van der Waals surface area contributed by atoms with E-state index in [-0.39, 0.29) is 29.6 Å². The zero-order valence-electron chi connectivity index (χ0n) is 18.5. The number of rotatable bonds is 8. The Bertz CT molecular complexity index is 1030. The average molecular weight is 429 g/mol. The van der Waals surface area contributed by atoms with E-state index in [2.05, 4.69) is 0 Å². The van der Waals surface area contributed by atoms with Crippen LogP contribution in [0.15, 0.2) is 39.9 Å². The summed E-state index contributed by atoms with van der Waals surface area (Å²) in [5.41, 5.74) is 4.92. The fraction of sp³-hybridized carbons (Fsp3) is 0.522.